The van der Waals surface area contributed by atoms with Crippen molar-refractivity contribution in [3.63, 3.8) is 0 Å². The number of hydrogen-bond acceptors (Lipinski definition) is 3. The van der Waals surface area contributed by atoms with Crippen molar-refractivity contribution >= 4 is 34.7 Å². The molecule has 0 saturated heterocycles. The van der Waals surface area contributed by atoms with Gasteiger partial charge in [0.05, 0.1) is 11.6 Å². The summed E-state index contributed by atoms with van der Waals surface area (Å²) >= 11 is 12.1. The van der Waals surface area contributed by atoms with Crippen LogP contribution < -0.4 is 5.73 Å². The van der Waals surface area contributed by atoms with Gasteiger partial charge >= 0.3 is 0 Å². The van der Waals surface area contributed by atoms with Gasteiger partial charge < -0.3 is 5.73 Å². The summed E-state index contributed by atoms with van der Waals surface area (Å²) in [5.41, 5.74) is 7.91. The van der Waals surface area contributed by atoms with E-state index in [9.17, 15) is 0 Å². The summed E-state index contributed by atoms with van der Waals surface area (Å²) in [6, 6.07) is 5.45. The van der Waals surface area contributed by atoms with Gasteiger partial charge in [0.1, 0.15) is 5.84 Å². The summed E-state index contributed by atoms with van der Waals surface area (Å²) in [5, 5.41) is 9.42. The first-order valence-electron chi connectivity index (χ1n) is 5.52. The Kier molecular flexibility index (Phi) is 2.60. The van der Waals surface area contributed by atoms with E-state index in [2.05, 4.69) is 10.2 Å². The molecule has 88 valence electrons. The van der Waals surface area contributed by atoms with E-state index in [0.717, 1.165) is 11.3 Å². The van der Waals surface area contributed by atoms with E-state index in [1.807, 2.05) is 12.1 Å². The molecular formula is C12H11Cl2N3. The van der Waals surface area contributed by atoms with Crippen LogP contribution in [0.4, 0.5) is 0 Å². The fraction of sp³-hybridized carbons (Fsp3) is 0.333. The van der Waals surface area contributed by atoms with E-state index < -0.39 is 0 Å². The third-order valence-electron chi connectivity index (χ3n) is 3.14. The van der Waals surface area contributed by atoms with E-state index in [1.165, 1.54) is 12.8 Å². The van der Waals surface area contributed by atoms with Gasteiger partial charge in [-0.25, -0.2) is 0 Å². The lowest BCUT2D eigenvalue weighted by atomic mass is 9.91. The molecule has 2 aliphatic rings. The lowest BCUT2D eigenvalue weighted by molar-refractivity contribution is 1.07. The molecule has 1 aromatic rings. The predicted octanol–water partition coefficient (Wildman–Crippen LogP) is 3.21. The van der Waals surface area contributed by atoms with Crippen LogP contribution in [-0.4, -0.2) is 11.5 Å². The zero-order valence-corrected chi connectivity index (χ0v) is 10.5. The molecule has 1 aromatic carbocycles. The number of nitrogens with two attached hydrogens (primary N) is 1. The fourth-order valence-electron chi connectivity index (χ4n) is 2.13. The Morgan fingerprint density at radius 1 is 1.18 bits per heavy atom. The Bertz CT molecular complexity index is 533. The lowest BCUT2D eigenvalue weighted by Gasteiger charge is -2.15. The maximum absolute atomic E-state index is 6.22. The smallest absolute Gasteiger partial charge is 0.135 e. The van der Waals surface area contributed by atoms with Crippen molar-refractivity contribution in [3.8, 4) is 0 Å². The molecule has 1 heterocycles. The van der Waals surface area contributed by atoms with Crippen LogP contribution in [0.2, 0.25) is 10.0 Å². The fourth-order valence-corrected chi connectivity index (χ4v) is 2.65. The predicted molar refractivity (Wildman–Crippen MR) is 71.0 cm³/mol. The van der Waals surface area contributed by atoms with Gasteiger partial charge in [0.25, 0.3) is 0 Å². The van der Waals surface area contributed by atoms with Crippen LogP contribution in [0, 0.1) is 5.92 Å². The third-order valence-corrected chi connectivity index (χ3v) is 3.70. The summed E-state index contributed by atoms with van der Waals surface area (Å²) in [6.07, 6.45) is 2.34. The molecule has 2 N–H and O–H groups in total. The van der Waals surface area contributed by atoms with E-state index in [0.29, 0.717) is 21.8 Å². The minimum Gasteiger partial charge on any atom is -0.385 e. The number of hydrogen-bond donors (Lipinski definition) is 1. The molecule has 0 aromatic heterocycles. The summed E-state index contributed by atoms with van der Waals surface area (Å²) in [6.45, 7) is 0. The van der Waals surface area contributed by atoms with Gasteiger partial charge in [0.15, 0.2) is 0 Å². The summed E-state index contributed by atoms with van der Waals surface area (Å²) in [7, 11) is 0. The van der Waals surface area contributed by atoms with Gasteiger partial charge in [-0.05, 0) is 30.5 Å². The zero-order chi connectivity index (χ0) is 12.0. The molecule has 1 fully saturated rings. The molecule has 1 saturated carbocycles. The number of halogens is 2. The zero-order valence-electron chi connectivity index (χ0n) is 9.03. The van der Waals surface area contributed by atoms with Gasteiger partial charge in [-0.1, -0.05) is 29.3 Å². The third kappa shape index (κ3) is 1.94. The Labute approximate surface area is 109 Å². The topological polar surface area (TPSA) is 50.7 Å². The molecule has 3 rings (SSSR count). The Morgan fingerprint density at radius 2 is 1.94 bits per heavy atom. The summed E-state index contributed by atoms with van der Waals surface area (Å²) in [4.78, 5) is 0. The van der Waals surface area contributed by atoms with Crippen molar-refractivity contribution in [2.24, 2.45) is 21.9 Å². The lowest BCUT2D eigenvalue weighted by Crippen LogP contribution is -2.26. The second-order valence-electron chi connectivity index (χ2n) is 4.42. The van der Waals surface area contributed by atoms with Crippen molar-refractivity contribution in [2.75, 3.05) is 0 Å². The van der Waals surface area contributed by atoms with Crippen LogP contribution in [0.5, 0.6) is 0 Å². The van der Waals surface area contributed by atoms with Crippen molar-refractivity contribution in [1.82, 2.24) is 0 Å². The maximum atomic E-state index is 6.22. The number of benzene rings is 1. The average molecular weight is 268 g/mol. The number of rotatable bonds is 2. The standard InChI is InChI=1S/C12H11Cl2N3/c13-7-3-4-8(9(14)5-7)10-11(6-1-2-6)16-17-12(10)15/h3-6,10H,1-2H2,(H2,15,17). The highest BCUT2D eigenvalue weighted by Crippen LogP contribution is 2.40. The molecule has 17 heavy (non-hydrogen) atoms. The molecule has 1 atom stereocenters. The van der Waals surface area contributed by atoms with Crippen molar-refractivity contribution in [3.05, 3.63) is 33.8 Å². The van der Waals surface area contributed by atoms with E-state index in [-0.39, 0.29) is 5.92 Å². The Morgan fingerprint density at radius 3 is 2.59 bits per heavy atom. The molecular weight excluding hydrogens is 257 g/mol. The first-order chi connectivity index (χ1) is 8.16. The van der Waals surface area contributed by atoms with Gasteiger partial charge in [-0.2, -0.15) is 5.10 Å². The highest BCUT2D eigenvalue weighted by atomic mass is 35.5. The van der Waals surface area contributed by atoms with Gasteiger partial charge in [-0.3, -0.25) is 0 Å². The van der Waals surface area contributed by atoms with Crippen molar-refractivity contribution < 1.29 is 0 Å². The van der Waals surface area contributed by atoms with Gasteiger partial charge in [0.2, 0.25) is 0 Å². The summed E-state index contributed by atoms with van der Waals surface area (Å²) in [5.74, 6) is 0.986. The molecule has 3 nitrogen and oxygen atoms in total. The Hall–Kier alpha value is -1.06. The maximum Gasteiger partial charge on any atom is 0.135 e. The van der Waals surface area contributed by atoms with E-state index in [1.54, 1.807) is 6.07 Å². The second kappa shape index (κ2) is 4.00. The molecule has 0 radical (unpaired) electrons. The Balaban J connectivity index is 2.01. The first kappa shape index (κ1) is 11.1. The van der Waals surface area contributed by atoms with Gasteiger partial charge in [-0.15, -0.1) is 5.10 Å². The van der Waals surface area contributed by atoms with Gasteiger partial charge in [0, 0.05) is 16.0 Å². The van der Waals surface area contributed by atoms with Crippen molar-refractivity contribution in [1.29, 1.82) is 0 Å². The van der Waals surface area contributed by atoms with E-state index >= 15 is 0 Å². The monoisotopic (exact) mass is 267 g/mol. The molecule has 0 bridgehead atoms. The average Bonchev–Trinajstić information content (AvgIpc) is 3.04. The van der Waals surface area contributed by atoms with Crippen LogP contribution in [0.1, 0.15) is 24.3 Å². The highest BCUT2D eigenvalue weighted by Gasteiger charge is 2.38. The molecule has 0 amide bonds. The number of amidine groups is 1. The van der Waals surface area contributed by atoms with Crippen LogP contribution in [0.3, 0.4) is 0 Å². The number of nitrogens with zero attached hydrogens (tertiary/aromatic N) is 2. The van der Waals surface area contributed by atoms with Crippen LogP contribution in [0.25, 0.3) is 0 Å². The summed E-state index contributed by atoms with van der Waals surface area (Å²) < 4.78 is 0. The second-order valence-corrected chi connectivity index (χ2v) is 5.27. The largest absolute Gasteiger partial charge is 0.385 e. The van der Waals surface area contributed by atoms with Crippen LogP contribution in [0.15, 0.2) is 28.4 Å². The van der Waals surface area contributed by atoms with Crippen LogP contribution >= 0.6 is 23.2 Å². The van der Waals surface area contributed by atoms with Crippen LogP contribution in [-0.2, 0) is 0 Å². The quantitative estimate of drug-likeness (QED) is 0.879. The van der Waals surface area contributed by atoms with Crippen molar-refractivity contribution in [2.45, 2.75) is 18.8 Å². The molecule has 1 aliphatic carbocycles. The molecule has 0 spiro atoms. The minimum atomic E-state index is -0.0627. The molecule has 5 heteroatoms. The molecule has 1 aliphatic heterocycles. The normalized spacial score (nSPS) is 23.5. The van der Waals surface area contributed by atoms with E-state index in [4.69, 9.17) is 28.9 Å². The minimum absolute atomic E-state index is 0.0627. The first-order valence-corrected chi connectivity index (χ1v) is 6.28. The SMILES string of the molecule is NC1=NN=C(C2CC2)C1c1ccc(Cl)cc1Cl. The highest BCUT2D eigenvalue weighted by molar-refractivity contribution is 6.35. The molecule has 1 unspecified atom stereocenters.